The molecule has 0 rings (SSSR count). The van der Waals surface area contributed by atoms with Crippen LogP contribution in [-0.2, 0) is 14.3 Å². The van der Waals surface area contributed by atoms with Crippen molar-refractivity contribution in [2.24, 2.45) is 5.73 Å². The molecule has 0 aromatic heterocycles. The highest BCUT2D eigenvalue weighted by atomic mass is 16.5. The van der Waals surface area contributed by atoms with E-state index in [4.69, 9.17) is 10.5 Å². The molecule has 5 nitrogen and oxygen atoms in total. The average Bonchev–Trinajstić information content (AvgIpc) is 2.69. The minimum atomic E-state index is -0.529. The number of esters is 1. The third kappa shape index (κ3) is 17.0. The SMILES string of the molecule is CCCCCCCCCCCCCC(=O)N[C@@H](CCCCN)C(=O)OCCC. The van der Waals surface area contributed by atoms with Gasteiger partial charge in [0.05, 0.1) is 6.61 Å². The first kappa shape index (κ1) is 26.9. The molecule has 0 saturated heterocycles. The molecular weight excluding hydrogens is 352 g/mol. The second-order valence-electron chi connectivity index (χ2n) is 7.86. The van der Waals surface area contributed by atoms with Crippen molar-refractivity contribution in [1.29, 1.82) is 0 Å². The van der Waals surface area contributed by atoms with E-state index in [-0.39, 0.29) is 11.9 Å². The van der Waals surface area contributed by atoms with Crippen molar-refractivity contribution in [3.63, 3.8) is 0 Å². The quantitative estimate of drug-likeness (QED) is 0.217. The fraction of sp³-hybridized carbons (Fsp3) is 0.913. The van der Waals surface area contributed by atoms with E-state index in [1.165, 1.54) is 57.8 Å². The first-order valence-corrected chi connectivity index (χ1v) is 11.8. The van der Waals surface area contributed by atoms with E-state index in [0.29, 0.717) is 26.0 Å². The summed E-state index contributed by atoms with van der Waals surface area (Å²) in [5, 5.41) is 2.87. The summed E-state index contributed by atoms with van der Waals surface area (Å²) in [7, 11) is 0. The predicted molar refractivity (Wildman–Crippen MR) is 117 cm³/mol. The zero-order valence-corrected chi connectivity index (χ0v) is 18.6. The Morgan fingerprint density at radius 2 is 1.36 bits per heavy atom. The van der Waals surface area contributed by atoms with Crippen molar-refractivity contribution in [3.8, 4) is 0 Å². The normalized spacial score (nSPS) is 12.0. The lowest BCUT2D eigenvalue weighted by Crippen LogP contribution is -2.42. The molecule has 5 heteroatoms. The lowest BCUT2D eigenvalue weighted by molar-refractivity contribution is -0.148. The van der Waals surface area contributed by atoms with E-state index in [0.717, 1.165) is 32.1 Å². The number of nitrogens with two attached hydrogens (primary N) is 1. The van der Waals surface area contributed by atoms with Gasteiger partial charge in [-0.25, -0.2) is 4.79 Å². The minimum absolute atomic E-state index is 0.0397. The summed E-state index contributed by atoms with van der Waals surface area (Å²) in [4.78, 5) is 24.3. The van der Waals surface area contributed by atoms with Crippen molar-refractivity contribution in [2.75, 3.05) is 13.2 Å². The van der Waals surface area contributed by atoms with Gasteiger partial charge < -0.3 is 15.8 Å². The molecule has 1 amide bonds. The predicted octanol–water partition coefficient (Wildman–Crippen LogP) is 5.25. The molecule has 0 bridgehead atoms. The van der Waals surface area contributed by atoms with E-state index in [1.807, 2.05) is 6.92 Å². The zero-order chi connectivity index (χ0) is 20.9. The molecule has 0 aliphatic heterocycles. The van der Waals surface area contributed by atoms with Crippen molar-refractivity contribution in [2.45, 2.75) is 123 Å². The maximum absolute atomic E-state index is 12.2. The molecule has 1 atom stereocenters. The highest BCUT2D eigenvalue weighted by Gasteiger charge is 2.21. The Balaban J connectivity index is 3.81. The Morgan fingerprint density at radius 1 is 0.786 bits per heavy atom. The van der Waals surface area contributed by atoms with Crippen molar-refractivity contribution >= 4 is 11.9 Å². The van der Waals surface area contributed by atoms with Gasteiger partial charge >= 0.3 is 5.97 Å². The molecular formula is C23H46N2O3. The molecule has 0 spiro atoms. The van der Waals surface area contributed by atoms with Gasteiger partial charge in [-0.1, -0.05) is 78.1 Å². The number of amides is 1. The highest BCUT2D eigenvalue weighted by Crippen LogP contribution is 2.12. The number of unbranched alkanes of at least 4 members (excludes halogenated alkanes) is 11. The fourth-order valence-corrected chi connectivity index (χ4v) is 3.26. The Morgan fingerprint density at radius 3 is 1.89 bits per heavy atom. The number of hydrogen-bond donors (Lipinski definition) is 2. The van der Waals surface area contributed by atoms with Crippen LogP contribution in [0.1, 0.15) is 117 Å². The van der Waals surface area contributed by atoms with Gasteiger partial charge in [0.15, 0.2) is 0 Å². The topological polar surface area (TPSA) is 81.4 Å². The van der Waals surface area contributed by atoms with Gasteiger partial charge in [-0.3, -0.25) is 4.79 Å². The average molecular weight is 399 g/mol. The summed E-state index contributed by atoms with van der Waals surface area (Å²) in [6, 6.07) is -0.529. The Hall–Kier alpha value is -1.10. The van der Waals surface area contributed by atoms with Gasteiger partial charge in [0, 0.05) is 6.42 Å². The first-order chi connectivity index (χ1) is 13.7. The van der Waals surface area contributed by atoms with Crippen LogP contribution in [0.2, 0.25) is 0 Å². The Bertz CT molecular complexity index is 375. The number of carbonyl (C=O) groups is 2. The first-order valence-electron chi connectivity index (χ1n) is 11.8. The molecule has 3 N–H and O–H groups in total. The third-order valence-electron chi connectivity index (χ3n) is 5.02. The van der Waals surface area contributed by atoms with Crippen molar-refractivity contribution in [3.05, 3.63) is 0 Å². The summed E-state index contributed by atoms with van der Waals surface area (Å²) < 4.78 is 5.21. The highest BCUT2D eigenvalue weighted by molar-refractivity contribution is 5.84. The van der Waals surface area contributed by atoms with E-state index >= 15 is 0 Å². The monoisotopic (exact) mass is 398 g/mol. The van der Waals surface area contributed by atoms with Crippen molar-refractivity contribution in [1.82, 2.24) is 5.32 Å². The van der Waals surface area contributed by atoms with Crippen LogP contribution in [-0.4, -0.2) is 31.1 Å². The number of nitrogens with one attached hydrogen (secondary N) is 1. The van der Waals surface area contributed by atoms with E-state index in [1.54, 1.807) is 0 Å². The van der Waals surface area contributed by atoms with Gasteiger partial charge in [-0.2, -0.15) is 0 Å². The number of ether oxygens (including phenoxy) is 1. The lowest BCUT2D eigenvalue weighted by Gasteiger charge is -2.17. The lowest BCUT2D eigenvalue weighted by atomic mass is 10.0. The molecule has 0 aromatic carbocycles. The largest absolute Gasteiger partial charge is 0.464 e. The van der Waals surface area contributed by atoms with Gasteiger partial charge in [-0.05, 0) is 38.6 Å². The minimum Gasteiger partial charge on any atom is -0.464 e. The van der Waals surface area contributed by atoms with Gasteiger partial charge in [0.25, 0.3) is 0 Å². The molecule has 0 unspecified atom stereocenters. The van der Waals surface area contributed by atoms with Crippen LogP contribution in [0.25, 0.3) is 0 Å². The summed E-state index contributed by atoms with van der Waals surface area (Å²) in [6.07, 6.45) is 17.4. The number of hydrogen-bond acceptors (Lipinski definition) is 4. The summed E-state index contributed by atoms with van der Waals surface area (Å²) >= 11 is 0. The van der Waals surface area contributed by atoms with Gasteiger partial charge in [0.2, 0.25) is 5.91 Å². The summed E-state index contributed by atoms with van der Waals surface area (Å²) in [6.45, 7) is 5.21. The molecule has 0 aromatic rings. The second-order valence-corrected chi connectivity index (χ2v) is 7.86. The maximum atomic E-state index is 12.2. The van der Waals surface area contributed by atoms with Crippen LogP contribution in [0.4, 0.5) is 0 Å². The maximum Gasteiger partial charge on any atom is 0.328 e. The zero-order valence-electron chi connectivity index (χ0n) is 18.6. The van der Waals surface area contributed by atoms with E-state index in [9.17, 15) is 9.59 Å². The van der Waals surface area contributed by atoms with Gasteiger partial charge in [0.1, 0.15) is 6.04 Å². The van der Waals surface area contributed by atoms with Crippen molar-refractivity contribution < 1.29 is 14.3 Å². The molecule has 0 aliphatic rings. The van der Waals surface area contributed by atoms with Crippen LogP contribution < -0.4 is 11.1 Å². The molecule has 166 valence electrons. The Kier molecular flexibility index (Phi) is 19.8. The smallest absolute Gasteiger partial charge is 0.328 e. The molecule has 0 fully saturated rings. The van der Waals surface area contributed by atoms with Crippen LogP contribution >= 0.6 is 0 Å². The van der Waals surface area contributed by atoms with E-state index < -0.39 is 6.04 Å². The summed E-state index contributed by atoms with van der Waals surface area (Å²) in [5.74, 6) is -0.353. The summed E-state index contributed by atoms with van der Waals surface area (Å²) in [5.41, 5.74) is 5.52. The molecule has 0 radical (unpaired) electrons. The number of rotatable bonds is 20. The van der Waals surface area contributed by atoms with Crippen LogP contribution in [0.5, 0.6) is 0 Å². The van der Waals surface area contributed by atoms with Crippen LogP contribution in [0.15, 0.2) is 0 Å². The Labute approximate surface area is 173 Å². The molecule has 0 saturated carbocycles. The molecule has 0 heterocycles. The molecule has 28 heavy (non-hydrogen) atoms. The van der Waals surface area contributed by atoms with Crippen LogP contribution in [0, 0.1) is 0 Å². The number of carbonyl (C=O) groups excluding carboxylic acids is 2. The second kappa shape index (κ2) is 20.6. The fourth-order valence-electron chi connectivity index (χ4n) is 3.26. The standard InChI is InChI=1S/C23H46N2O3/c1-3-5-6-7-8-9-10-11-12-13-14-18-22(26)25-21(17-15-16-19-24)23(27)28-20-4-2/h21H,3-20,24H2,1-2H3,(H,25,26)/t21-/m0/s1. The third-order valence-corrected chi connectivity index (χ3v) is 5.02. The molecule has 0 aliphatic carbocycles. The van der Waals surface area contributed by atoms with Gasteiger partial charge in [-0.15, -0.1) is 0 Å². The van der Waals surface area contributed by atoms with E-state index in [2.05, 4.69) is 12.2 Å². The van der Waals surface area contributed by atoms with Crippen LogP contribution in [0.3, 0.4) is 0 Å².